The molecule has 3 rings (SSSR count). The fraction of sp³-hybridized carbons (Fsp3) is 0.316. The van der Waals surface area contributed by atoms with Crippen molar-refractivity contribution < 1.29 is 18.7 Å². The molecule has 1 saturated carbocycles. The van der Waals surface area contributed by atoms with Crippen LogP contribution in [0.25, 0.3) is 0 Å². The molecule has 0 atom stereocenters. The van der Waals surface area contributed by atoms with Crippen molar-refractivity contribution in [2.24, 2.45) is 0 Å². The van der Waals surface area contributed by atoms with E-state index in [9.17, 15) is 9.18 Å². The number of carbonyl (C=O) groups is 1. The highest BCUT2D eigenvalue weighted by molar-refractivity contribution is 5.86. The lowest BCUT2D eigenvalue weighted by atomic mass is 10.0. The first-order chi connectivity index (χ1) is 11.6. The Labute approximate surface area is 140 Å². The molecule has 1 aliphatic carbocycles. The number of hydrogen-bond acceptors (Lipinski definition) is 3. The number of aryl methyl sites for hydroxylation is 1. The Morgan fingerprint density at radius 1 is 1.29 bits per heavy atom. The first kappa shape index (κ1) is 16.3. The normalized spacial score (nSPS) is 13.5. The van der Waals surface area contributed by atoms with Gasteiger partial charge in [-0.05, 0) is 55.0 Å². The van der Waals surface area contributed by atoms with E-state index in [-0.39, 0.29) is 18.2 Å². The molecule has 0 unspecified atom stereocenters. The number of hydrogen-bond donors (Lipinski definition) is 1. The molecule has 0 saturated heterocycles. The van der Waals surface area contributed by atoms with Crippen LogP contribution < -0.4 is 10.1 Å². The highest BCUT2D eigenvalue weighted by atomic mass is 19.1. The number of methoxy groups -OCH3 is 1. The van der Waals surface area contributed by atoms with Crippen molar-refractivity contribution in [2.75, 3.05) is 12.4 Å². The third kappa shape index (κ3) is 3.67. The Morgan fingerprint density at radius 2 is 2.08 bits per heavy atom. The lowest BCUT2D eigenvalue weighted by Gasteiger charge is -2.16. The predicted octanol–water partition coefficient (Wildman–Crippen LogP) is 4.77. The monoisotopic (exact) mass is 329 g/mol. The topological polar surface area (TPSA) is 47.6 Å². The van der Waals surface area contributed by atoms with Gasteiger partial charge in [-0.3, -0.25) is 5.32 Å². The Hall–Kier alpha value is -2.56. The third-order valence-corrected chi connectivity index (χ3v) is 4.11. The van der Waals surface area contributed by atoms with E-state index >= 15 is 0 Å². The Morgan fingerprint density at radius 3 is 2.75 bits per heavy atom. The number of amides is 1. The average Bonchev–Trinajstić information content (AvgIpc) is 3.39. The smallest absolute Gasteiger partial charge is 0.411 e. The molecule has 1 aliphatic rings. The van der Waals surface area contributed by atoms with Crippen molar-refractivity contribution in [2.45, 2.75) is 32.3 Å². The van der Waals surface area contributed by atoms with Crippen LogP contribution >= 0.6 is 0 Å². The van der Waals surface area contributed by atoms with E-state index in [4.69, 9.17) is 4.74 Å². The zero-order valence-corrected chi connectivity index (χ0v) is 13.8. The van der Waals surface area contributed by atoms with E-state index in [1.807, 2.05) is 19.1 Å². The van der Waals surface area contributed by atoms with Crippen LogP contribution in [0.3, 0.4) is 0 Å². The number of nitrogens with one attached hydrogen (secondary N) is 1. The molecule has 0 bridgehead atoms. The van der Waals surface area contributed by atoms with E-state index in [1.165, 1.54) is 13.2 Å². The molecule has 126 valence electrons. The summed E-state index contributed by atoms with van der Waals surface area (Å²) in [6, 6.07) is 10.6. The number of rotatable bonds is 5. The van der Waals surface area contributed by atoms with Gasteiger partial charge in [-0.25, -0.2) is 9.18 Å². The summed E-state index contributed by atoms with van der Waals surface area (Å²) in [6.07, 6.45) is 1.70. The maximum Gasteiger partial charge on any atom is 0.411 e. The van der Waals surface area contributed by atoms with E-state index in [0.29, 0.717) is 11.6 Å². The van der Waals surface area contributed by atoms with Crippen LogP contribution in [0.1, 0.15) is 35.4 Å². The van der Waals surface area contributed by atoms with Crippen molar-refractivity contribution in [3.05, 3.63) is 58.9 Å². The SMILES string of the molecule is COC(=O)Nc1cccc(C2CC2)c1COc1ccc(C)cc1F. The van der Waals surface area contributed by atoms with Crippen molar-refractivity contribution >= 4 is 11.8 Å². The minimum Gasteiger partial charge on any atom is -0.486 e. The molecule has 4 nitrogen and oxygen atoms in total. The van der Waals surface area contributed by atoms with Gasteiger partial charge in [-0.2, -0.15) is 0 Å². The van der Waals surface area contributed by atoms with Crippen molar-refractivity contribution in [1.82, 2.24) is 0 Å². The number of benzene rings is 2. The molecule has 0 aliphatic heterocycles. The van der Waals surface area contributed by atoms with E-state index in [1.54, 1.807) is 18.2 Å². The summed E-state index contributed by atoms with van der Waals surface area (Å²) < 4.78 is 24.3. The zero-order chi connectivity index (χ0) is 17.1. The van der Waals surface area contributed by atoms with Crippen LogP contribution in [0, 0.1) is 12.7 Å². The van der Waals surface area contributed by atoms with Crippen LogP contribution in [0.2, 0.25) is 0 Å². The highest BCUT2D eigenvalue weighted by Gasteiger charge is 2.27. The molecule has 1 amide bonds. The minimum atomic E-state index is -0.536. The number of ether oxygens (including phenoxy) is 2. The zero-order valence-electron chi connectivity index (χ0n) is 13.8. The predicted molar refractivity (Wildman–Crippen MR) is 89.9 cm³/mol. The summed E-state index contributed by atoms with van der Waals surface area (Å²) in [7, 11) is 1.32. The van der Waals surface area contributed by atoms with E-state index in [2.05, 4.69) is 10.1 Å². The van der Waals surface area contributed by atoms with Crippen LogP contribution in [-0.2, 0) is 11.3 Å². The molecule has 0 aromatic heterocycles. The fourth-order valence-corrected chi connectivity index (χ4v) is 2.69. The van der Waals surface area contributed by atoms with Crippen molar-refractivity contribution in [3.63, 3.8) is 0 Å². The Kier molecular flexibility index (Phi) is 4.69. The van der Waals surface area contributed by atoms with Crippen LogP contribution in [0.15, 0.2) is 36.4 Å². The molecule has 2 aromatic rings. The van der Waals surface area contributed by atoms with Gasteiger partial charge in [0.15, 0.2) is 11.6 Å². The first-order valence-corrected chi connectivity index (χ1v) is 7.94. The molecule has 24 heavy (non-hydrogen) atoms. The van der Waals surface area contributed by atoms with Gasteiger partial charge in [0, 0.05) is 5.56 Å². The first-order valence-electron chi connectivity index (χ1n) is 7.94. The number of anilines is 1. The average molecular weight is 329 g/mol. The fourth-order valence-electron chi connectivity index (χ4n) is 2.69. The summed E-state index contributed by atoms with van der Waals surface area (Å²) in [5.41, 5.74) is 3.48. The summed E-state index contributed by atoms with van der Waals surface area (Å²) in [5, 5.41) is 2.71. The maximum atomic E-state index is 14.0. The quantitative estimate of drug-likeness (QED) is 0.859. The molecule has 0 radical (unpaired) electrons. The molecule has 5 heteroatoms. The third-order valence-electron chi connectivity index (χ3n) is 4.11. The molecule has 0 heterocycles. The van der Waals surface area contributed by atoms with Gasteiger partial charge < -0.3 is 9.47 Å². The molecular weight excluding hydrogens is 309 g/mol. The van der Waals surface area contributed by atoms with Gasteiger partial charge >= 0.3 is 6.09 Å². The highest BCUT2D eigenvalue weighted by Crippen LogP contribution is 2.43. The minimum absolute atomic E-state index is 0.186. The van der Waals surface area contributed by atoms with Gasteiger partial charge in [-0.1, -0.05) is 18.2 Å². The van der Waals surface area contributed by atoms with Crippen LogP contribution in [0.4, 0.5) is 14.9 Å². The second kappa shape index (κ2) is 6.91. The van der Waals surface area contributed by atoms with Crippen LogP contribution in [0.5, 0.6) is 5.75 Å². The molecule has 1 fully saturated rings. The van der Waals surface area contributed by atoms with Crippen molar-refractivity contribution in [3.8, 4) is 5.75 Å². The largest absolute Gasteiger partial charge is 0.486 e. The molecular formula is C19H20FNO3. The number of halogens is 1. The summed E-state index contributed by atoms with van der Waals surface area (Å²) >= 11 is 0. The van der Waals surface area contributed by atoms with Crippen LogP contribution in [-0.4, -0.2) is 13.2 Å². The molecule has 0 spiro atoms. The molecule has 2 aromatic carbocycles. The van der Waals surface area contributed by atoms with Gasteiger partial charge in [0.2, 0.25) is 0 Å². The summed E-state index contributed by atoms with van der Waals surface area (Å²) in [6.45, 7) is 2.01. The Bertz CT molecular complexity index is 756. The van der Waals surface area contributed by atoms with Gasteiger partial charge in [0.1, 0.15) is 6.61 Å². The second-order valence-corrected chi connectivity index (χ2v) is 5.99. The van der Waals surface area contributed by atoms with Gasteiger partial charge in [0.25, 0.3) is 0 Å². The Balaban J connectivity index is 1.85. The lowest BCUT2D eigenvalue weighted by molar-refractivity contribution is 0.187. The van der Waals surface area contributed by atoms with E-state index < -0.39 is 6.09 Å². The second-order valence-electron chi connectivity index (χ2n) is 5.99. The summed E-state index contributed by atoms with van der Waals surface area (Å²) in [4.78, 5) is 11.6. The standard InChI is InChI=1S/C19H20FNO3/c1-12-6-9-18(16(20)10-12)24-11-15-14(13-7-8-13)4-3-5-17(15)21-19(22)23-2/h3-6,9-10,13H,7-8,11H2,1-2H3,(H,21,22). The summed E-state index contributed by atoms with van der Waals surface area (Å²) in [5.74, 6) is 0.294. The van der Waals surface area contributed by atoms with Crippen molar-refractivity contribution in [1.29, 1.82) is 0 Å². The van der Waals surface area contributed by atoms with Gasteiger partial charge in [-0.15, -0.1) is 0 Å². The molecule has 1 N–H and O–H groups in total. The van der Waals surface area contributed by atoms with Gasteiger partial charge in [0.05, 0.1) is 12.8 Å². The number of carbonyl (C=O) groups excluding carboxylic acids is 1. The lowest BCUT2D eigenvalue weighted by Crippen LogP contribution is -2.14. The van der Waals surface area contributed by atoms with E-state index in [0.717, 1.165) is 29.5 Å². The maximum absolute atomic E-state index is 14.0.